The molecule has 0 aliphatic carbocycles. The van der Waals surface area contributed by atoms with Gasteiger partial charge in [-0.05, 0) is 44.4 Å². The van der Waals surface area contributed by atoms with Crippen LogP contribution in [-0.2, 0) is 0 Å². The molecule has 1 N–H and O–H groups in total. The topological polar surface area (TPSA) is 46.5 Å². The second-order valence-electron chi connectivity index (χ2n) is 4.54. The zero-order valence-corrected chi connectivity index (χ0v) is 11.1. The molecular weight excluding hydrogens is 216 g/mol. The van der Waals surface area contributed by atoms with Gasteiger partial charge >= 0.3 is 0 Å². The van der Waals surface area contributed by atoms with E-state index in [-0.39, 0.29) is 5.78 Å². The van der Waals surface area contributed by atoms with Crippen molar-refractivity contribution in [3.63, 3.8) is 0 Å². The fourth-order valence-corrected chi connectivity index (χ4v) is 1.68. The maximum absolute atomic E-state index is 12.2. The fourth-order valence-electron chi connectivity index (χ4n) is 1.68. The van der Waals surface area contributed by atoms with Crippen LogP contribution in [-0.4, -0.2) is 23.6 Å². The molecule has 17 heavy (non-hydrogen) atoms. The average Bonchev–Trinajstić information content (AvgIpc) is 2.31. The van der Waals surface area contributed by atoms with Gasteiger partial charge in [-0.25, -0.2) is 0 Å². The van der Waals surface area contributed by atoms with E-state index >= 15 is 0 Å². The smallest absolute Gasteiger partial charge is 0.197 e. The van der Waals surface area contributed by atoms with Crippen LogP contribution in [0.3, 0.4) is 0 Å². The van der Waals surface area contributed by atoms with Gasteiger partial charge in [0, 0.05) is 0 Å². The summed E-state index contributed by atoms with van der Waals surface area (Å²) in [7, 11) is 1.54. The van der Waals surface area contributed by atoms with Crippen LogP contribution in [0.1, 0.15) is 41.8 Å². The summed E-state index contributed by atoms with van der Waals surface area (Å²) in [4.78, 5) is 12.2. The van der Waals surface area contributed by atoms with Gasteiger partial charge in [0.15, 0.2) is 5.78 Å². The highest BCUT2D eigenvalue weighted by atomic mass is 16.5. The molecule has 0 saturated carbocycles. The van der Waals surface area contributed by atoms with Crippen LogP contribution in [0.2, 0.25) is 0 Å². The van der Waals surface area contributed by atoms with Crippen LogP contribution < -0.4 is 4.74 Å². The number of rotatable bonds is 4. The lowest BCUT2D eigenvalue weighted by atomic mass is 9.90. The summed E-state index contributed by atoms with van der Waals surface area (Å²) < 4.78 is 5.29. The molecule has 0 heterocycles. The van der Waals surface area contributed by atoms with E-state index in [4.69, 9.17) is 4.74 Å². The number of methoxy groups -OCH3 is 1. The first-order chi connectivity index (χ1) is 7.85. The normalized spacial score (nSPS) is 14.2. The predicted molar refractivity (Wildman–Crippen MR) is 67.7 cm³/mol. The molecule has 0 bridgehead atoms. The molecule has 0 aromatic heterocycles. The number of ether oxygens (including phenoxy) is 1. The fraction of sp³-hybridized carbons (Fsp3) is 0.500. The van der Waals surface area contributed by atoms with Crippen LogP contribution in [0.15, 0.2) is 12.1 Å². The first-order valence-electron chi connectivity index (χ1n) is 5.76. The summed E-state index contributed by atoms with van der Waals surface area (Å²) in [5.41, 5.74) is 1.11. The van der Waals surface area contributed by atoms with Gasteiger partial charge in [-0.2, -0.15) is 0 Å². The van der Waals surface area contributed by atoms with Crippen molar-refractivity contribution in [3.05, 3.63) is 28.8 Å². The van der Waals surface area contributed by atoms with Gasteiger partial charge in [0.05, 0.1) is 12.7 Å². The Kier molecular flexibility index (Phi) is 3.94. The number of aliphatic hydroxyl groups is 1. The summed E-state index contributed by atoms with van der Waals surface area (Å²) in [5, 5.41) is 10.0. The van der Waals surface area contributed by atoms with Crippen molar-refractivity contribution in [3.8, 4) is 5.75 Å². The zero-order valence-electron chi connectivity index (χ0n) is 11.1. The van der Waals surface area contributed by atoms with Crippen molar-refractivity contribution >= 4 is 5.78 Å². The highest BCUT2D eigenvalue weighted by Gasteiger charge is 2.31. The standard InChI is InChI=1S/C14H20O3/c1-6-14(4,16)13(15)11-8-7-9(2)10(3)12(11)17-5/h7-8,16H,6H2,1-5H3. The zero-order chi connectivity index (χ0) is 13.2. The maximum Gasteiger partial charge on any atom is 0.197 e. The Balaban J connectivity index is 3.33. The third kappa shape index (κ3) is 2.50. The minimum atomic E-state index is -1.34. The molecule has 3 heteroatoms. The second-order valence-corrected chi connectivity index (χ2v) is 4.54. The quantitative estimate of drug-likeness (QED) is 0.817. The van der Waals surface area contributed by atoms with Crippen molar-refractivity contribution in [2.24, 2.45) is 0 Å². The van der Waals surface area contributed by atoms with Gasteiger partial charge < -0.3 is 9.84 Å². The number of aryl methyl sites for hydroxylation is 1. The first-order valence-corrected chi connectivity index (χ1v) is 5.76. The summed E-state index contributed by atoms with van der Waals surface area (Å²) >= 11 is 0. The molecule has 1 rings (SSSR count). The summed E-state index contributed by atoms with van der Waals surface area (Å²) in [6, 6.07) is 3.59. The van der Waals surface area contributed by atoms with Crippen LogP contribution >= 0.6 is 0 Å². The third-order valence-corrected chi connectivity index (χ3v) is 3.30. The van der Waals surface area contributed by atoms with Crippen LogP contribution in [0.25, 0.3) is 0 Å². The Morgan fingerprint density at radius 3 is 2.47 bits per heavy atom. The molecule has 94 valence electrons. The van der Waals surface area contributed by atoms with E-state index in [1.54, 1.807) is 20.1 Å². The van der Waals surface area contributed by atoms with Gasteiger partial charge in [0.25, 0.3) is 0 Å². The summed E-state index contributed by atoms with van der Waals surface area (Å²) in [6.45, 7) is 7.19. The number of hydrogen-bond donors (Lipinski definition) is 1. The highest BCUT2D eigenvalue weighted by Crippen LogP contribution is 2.29. The van der Waals surface area contributed by atoms with Crippen molar-refractivity contribution in [1.29, 1.82) is 0 Å². The van der Waals surface area contributed by atoms with E-state index in [9.17, 15) is 9.90 Å². The molecular formula is C14H20O3. The minimum absolute atomic E-state index is 0.292. The van der Waals surface area contributed by atoms with Gasteiger partial charge in [-0.3, -0.25) is 4.79 Å². The lowest BCUT2D eigenvalue weighted by molar-refractivity contribution is 0.0387. The molecule has 1 aromatic rings. The molecule has 3 nitrogen and oxygen atoms in total. The molecule has 0 spiro atoms. The molecule has 0 radical (unpaired) electrons. The van der Waals surface area contributed by atoms with Gasteiger partial charge in [0.2, 0.25) is 0 Å². The second kappa shape index (κ2) is 4.88. The first kappa shape index (κ1) is 13.7. The molecule has 0 aliphatic heterocycles. The third-order valence-electron chi connectivity index (χ3n) is 3.30. The van der Waals surface area contributed by atoms with Crippen molar-refractivity contribution in [2.45, 2.75) is 39.7 Å². The lowest BCUT2D eigenvalue weighted by Gasteiger charge is -2.22. The molecule has 0 amide bonds. The SMILES string of the molecule is CCC(C)(O)C(=O)c1ccc(C)c(C)c1OC. The highest BCUT2D eigenvalue weighted by molar-refractivity contribution is 6.04. The Labute approximate surface area is 102 Å². The van der Waals surface area contributed by atoms with Crippen molar-refractivity contribution in [2.75, 3.05) is 7.11 Å². The minimum Gasteiger partial charge on any atom is -0.496 e. The Morgan fingerprint density at radius 1 is 1.41 bits per heavy atom. The van der Waals surface area contributed by atoms with E-state index in [0.717, 1.165) is 11.1 Å². The number of carbonyl (C=O) groups excluding carboxylic acids is 1. The van der Waals surface area contributed by atoms with Crippen LogP contribution in [0, 0.1) is 13.8 Å². The number of benzene rings is 1. The van der Waals surface area contributed by atoms with Crippen LogP contribution in [0.4, 0.5) is 0 Å². The molecule has 0 saturated heterocycles. The van der Waals surface area contributed by atoms with E-state index in [1.807, 2.05) is 19.9 Å². The van der Waals surface area contributed by atoms with Crippen LogP contribution in [0.5, 0.6) is 5.75 Å². The molecule has 0 fully saturated rings. The van der Waals surface area contributed by atoms with E-state index in [2.05, 4.69) is 0 Å². The molecule has 1 aromatic carbocycles. The predicted octanol–water partition coefficient (Wildman–Crippen LogP) is 2.66. The molecule has 1 unspecified atom stereocenters. The van der Waals surface area contributed by atoms with Crippen molar-refractivity contribution in [1.82, 2.24) is 0 Å². The maximum atomic E-state index is 12.2. The number of ketones is 1. The van der Waals surface area contributed by atoms with Crippen molar-refractivity contribution < 1.29 is 14.6 Å². The Bertz CT molecular complexity index is 433. The lowest BCUT2D eigenvalue weighted by Crippen LogP contribution is -2.34. The van der Waals surface area contributed by atoms with E-state index < -0.39 is 5.60 Å². The Hall–Kier alpha value is -1.35. The largest absolute Gasteiger partial charge is 0.496 e. The Morgan fingerprint density at radius 2 is 2.00 bits per heavy atom. The van der Waals surface area contributed by atoms with E-state index in [0.29, 0.717) is 17.7 Å². The van der Waals surface area contributed by atoms with Gasteiger partial charge in [0.1, 0.15) is 11.4 Å². The monoisotopic (exact) mass is 236 g/mol. The summed E-state index contributed by atoms with van der Waals surface area (Å²) in [6.07, 6.45) is 0.377. The average molecular weight is 236 g/mol. The van der Waals surface area contributed by atoms with Gasteiger partial charge in [-0.1, -0.05) is 13.0 Å². The van der Waals surface area contributed by atoms with Gasteiger partial charge in [-0.15, -0.1) is 0 Å². The number of hydrogen-bond acceptors (Lipinski definition) is 3. The molecule has 0 aliphatic rings. The molecule has 1 atom stereocenters. The number of carbonyl (C=O) groups is 1. The number of Topliss-reactive ketones (excluding diaryl/α,β-unsaturated/α-hetero) is 1. The summed E-state index contributed by atoms with van der Waals surface area (Å²) in [5.74, 6) is 0.267. The van der Waals surface area contributed by atoms with E-state index in [1.165, 1.54) is 6.92 Å².